The summed E-state index contributed by atoms with van der Waals surface area (Å²) in [5.74, 6) is 0.573. The Morgan fingerprint density at radius 1 is 1.33 bits per heavy atom. The van der Waals surface area contributed by atoms with Gasteiger partial charge in [0.1, 0.15) is 17.4 Å². The summed E-state index contributed by atoms with van der Waals surface area (Å²) in [7, 11) is 1.54. The second-order valence-electron chi connectivity index (χ2n) is 5.24. The predicted octanol–water partition coefficient (Wildman–Crippen LogP) is 2.42. The molecule has 6 nitrogen and oxygen atoms in total. The first-order chi connectivity index (χ1) is 9.86. The molecule has 0 aliphatic heterocycles. The summed E-state index contributed by atoms with van der Waals surface area (Å²) in [5, 5.41) is -0.370. The Balaban J connectivity index is 2.78. The quantitative estimate of drug-likeness (QED) is 0.860. The third kappa shape index (κ3) is 2.81. The summed E-state index contributed by atoms with van der Waals surface area (Å²) < 4.78 is 6.87. The Hall–Kier alpha value is -1.82. The van der Waals surface area contributed by atoms with Gasteiger partial charge < -0.3 is 10.5 Å². The summed E-state index contributed by atoms with van der Waals surface area (Å²) in [6.07, 6.45) is 0. The molecule has 2 unspecified atom stereocenters. The molecule has 114 valence electrons. The standard InChI is InChI=1S/C14H19ClN4O2/c1-7(2)11(12(16)20)19-13(8(3)15)17-9-5-6-10(21-4)18-14(9)19/h5-8,11H,1-4H3,(H2,16,20). The van der Waals surface area contributed by atoms with Crippen LogP contribution in [0.15, 0.2) is 12.1 Å². The number of aromatic nitrogens is 3. The monoisotopic (exact) mass is 310 g/mol. The van der Waals surface area contributed by atoms with Crippen LogP contribution in [0.4, 0.5) is 0 Å². The number of pyridine rings is 1. The molecule has 21 heavy (non-hydrogen) atoms. The maximum absolute atomic E-state index is 11.9. The zero-order valence-corrected chi connectivity index (χ0v) is 13.3. The molecule has 7 heteroatoms. The third-order valence-corrected chi connectivity index (χ3v) is 3.50. The summed E-state index contributed by atoms with van der Waals surface area (Å²) >= 11 is 6.21. The highest BCUT2D eigenvalue weighted by molar-refractivity contribution is 6.20. The van der Waals surface area contributed by atoms with Crippen molar-refractivity contribution in [2.24, 2.45) is 11.7 Å². The second kappa shape index (κ2) is 5.89. The average Bonchev–Trinajstić information content (AvgIpc) is 2.77. The van der Waals surface area contributed by atoms with Gasteiger partial charge >= 0.3 is 0 Å². The number of halogens is 1. The number of nitrogens with two attached hydrogens (primary N) is 1. The molecular formula is C14H19ClN4O2. The van der Waals surface area contributed by atoms with E-state index in [0.717, 1.165) is 0 Å². The number of fused-ring (bicyclic) bond motifs is 1. The second-order valence-corrected chi connectivity index (χ2v) is 5.90. The predicted molar refractivity (Wildman–Crippen MR) is 81.4 cm³/mol. The molecule has 0 aliphatic carbocycles. The number of hydrogen-bond donors (Lipinski definition) is 1. The van der Waals surface area contributed by atoms with Gasteiger partial charge in [0, 0.05) is 6.07 Å². The number of carbonyl (C=O) groups excluding carboxylic acids is 1. The van der Waals surface area contributed by atoms with E-state index in [9.17, 15) is 4.79 Å². The Labute approximate surface area is 128 Å². The van der Waals surface area contributed by atoms with Crippen molar-refractivity contribution in [3.05, 3.63) is 18.0 Å². The maximum Gasteiger partial charge on any atom is 0.240 e. The van der Waals surface area contributed by atoms with Gasteiger partial charge in [0.25, 0.3) is 0 Å². The van der Waals surface area contributed by atoms with E-state index in [4.69, 9.17) is 22.1 Å². The number of primary amides is 1. The molecule has 2 atom stereocenters. The molecule has 1 amide bonds. The number of rotatable bonds is 5. The van der Waals surface area contributed by atoms with Crippen LogP contribution in [0.25, 0.3) is 11.2 Å². The molecule has 0 saturated carbocycles. The lowest BCUT2D eigenvalue weighted by molar-refractivity contribution is -0.122. The molecule has 2 heterocycles. The van der Waals surface area contributed by atoms with Crippen LogP contribution < -0.4 is 10.5 Å². The molecule has 0 radical (unpaired) electrons. The average molecular weight is 311 g/mol. The van der Waals surface area contributed by atoms with E-state index >= 15 is 0 Å². The van der Waals surface area contributed by atoms with E-state index in [1.54, 1.807) is 23.6 Å². The Morgan fingerprint density at radius 3 is 2.48 bits per heavy atom. The van der Waals surface area contributed by atoms with Gasteiger partial charge in [-0.15, -0.1) is 11.6 Å². The van der Waals surface area contributed by atoms with E-state index in [0.29, 0.717) is 22.9 Å². The van der Waals surface area contributed by atoms with Crippen LogP contribution in [-0.4, -0.2) is 27.6 Å². The fourth-order valence-corrected chi connectivity index (χ4v) is 2.55. The molecule has 2 rings (SSSR count). The highest BCUT2D eigenvalue weighted by Gasteiger charge is 2.29. The van der Waals surface area contributed by atoms with Crippen molar-refractivity contribution in [1.29, 1.82) is 0 Å². The van der Waals surface area contributed by atoms with Gasteiger partial charge in [-0.05, 0) is 18.9 Å². The van der Waals surface area contributed by atoms with Crippen molar-refractivity contribution >= 4 is 28.7 Å². The van der Waals surface area contributed by atoms with Gasteiger partial charge in [-0.2, -0.15) is 4.98 Å². The zero-order valence-electron chi connectivity index (χ0n) is 12.5. The lowest BCUT2D eigenvalue weighted by Crippen LogP contribution is -2.31. The Bertz CT molecular complexity index is 666. The maximum atomic E-state index is 11.9. The Morgan fingerprint density at radius 2 is 2.00 bits per heavy atom. The smallest absolute Gasteiger partial charge is 0.240 e. The molecule has 2 N–H and O–H groups in total. The van der Waals surface area contributed by atoms with Crippen LogP contribution in [0.1, 0.15) is 38.0 Å². The van der Waals surface area contributed by atoms with Gasteiger partial charge in [0.2, 0.25) is 11.8 Å². The van der Waals surface area contributed by atoms with Gasteiger partial charge in [0.05, 0.1) is 12.5 Å². The topological polar surface area (TPSA) is 83.0 Å². The van der Waals surface area contributed by atoms with Gasteiger partial charge in [-0.25, -0.2) is 4.98 Å². The minimum atomic E-state index is -0.564. The first-order valence-corrected chi connectivity index (χ1v) is 7.16. The lowest BCUT2D eigenvalue weighted by atomic mass is 10.0. The van der Waals surface area contributed by atoms with E-state index in [1.165, 1.54) is 7.11 Å². The first kappa shape index (κ1) is 15.6. The number of amides is 1. The lowest BCUT2D eigenvalue weighted by Gasteiger charge is -2.22. The fraction of sp³-hybridized carbons (Fsp3) is 0.500. The SMILES string of the molecule is COc1ccc2nc(C(C)Cl)n(C(C(N)=O)C(C)C)c2n1. The highest BCUT2D eigenvalue weighted by Crippen LogP contribution is 2.31. The summed E-state index contributed by atoms with van der Waals surface area (Å²) in [5.41, 5.74) is 6.78. The minimum absolute atomic E-state index is 0.0120. The van der Waals surface area contributed by atoms with Crippen LogP contribution in [0.3, 0.4) is 0 Å². The zero-order chi connectivity index (χ0) is 15.7. The fourth-order valence-electron chi connectivity index (χ4n) is 2.40. The number of ether oxygens (including phenoxy) is 1. The van der Waals surface area contributed by atoms with Crippen LogP contribution in [0.2, 0.25) is 0 Å². The van der Waals surface area contributed by atoms with Crippen molar-refractivity contribution in [2.75, 3.05) is 7.11 Å². The molecule has 0 aliphatic rings. The van der Waals surface area contributed by atoms with Crippen molar-refractivity contribution in [1.82, 2.24) is 14.5 Å². The van der Waals surface area contributed by atoms with Gasteiger partial charge in [-0.3, -0.25) is 9.36 Å². The molecular weight excluding hydrogens is 292 g/mol. The van der Waals surface area contributed by atoms with E-state index in [2.05, 4.69) is 9.97 Å². The number of nitrogens with zero attached hydrogens (tertiary/aromatic N) is 3. The normalized spacial score (nSPS) is 14.4. The molecule has 0 bridgehead atoms. The molecule has 0 saturated heterocycles. The Kier molecular flexibility index (Phi) is 4.37. The summed E-state index contributed by atoms with van der Waals surface area (Å²) in [4.78, 5) is 20.8. The summed E-state index contributed by atoms with van der Waals surface area (Å²) in [6, 6.07) is 2.95. The van der Waals surface area contributed by atoms with Crippen molar-refractivity contribution in [2.45, 2.75) is 32.2 Å². The number of methoxy groups -OCH3 is 1. The van der Waals surface area contributed by atoms with Crippen LogP contribution in [0, 0.1) is 5.92 Å². The first-order valence-electron chi connectivity index (χ1n) is 6.73. The van der Waals surface area contributed by atoms with Crippen LogP contribution in [-0.2, 0) is 4.79 Å². The van der Waals surface area contributed by atoms with Crippen LogP contribution in [0.5, 0.6) is 5.88 Å². The number of alkyl halides is 1. The number of imidazole rings is 1. The molecule has 0 aromatic carbocycles. The van der Waals surface area contributed by atoms with E-state index < -0.39 is 11.9 Å². The molecule has 2 aromatic heterocycles. The minimum Gasteiger partial charge on any atom is -0.481 e. The number of carbonyl (C=O) groups is 1. The third-order valence-electron chi connectivity index (χ3n) is 3.31. The molecule has 0 fully saturated rings. The number of hydrogen-bond acceptors (Lipinski definition) is 4. The molecule has 0 spiro atoms. The summed E-state index contributed by atoms with van der Waals surface area (Å²) in [6.45, 7) is 5.64. The van der Waals surface area contributed by atoms with Crippen molar-refractivity contribution < 1.29 is 9.53 Å². The largest absolute Gasteiger partial charge is 0.481 e. The van der Waals surface area contributed by atoms with E-state index in [1.807, 2.05) is 13.8 Å². The van der Waals surface area contributed by atoms with Crippen molar-refractivity contribution in [3.63, 3.8) is 0 Å². The van der Waals surface area contributed by atoms with Crippen LogP contribution >= 0.6 is 11.6 Å². The van der Waals surface area contributed by atoms with E-state index in [-0.39, 0.29) is 11.3 Å². The van der Waals surface area contributed by atoms with Crippen molar-refractivity contribution in [3.8, 4) is 5.88 Å². The van der Waals surface area contributed by atoms with Gasteiger partial charge in [-0.1, -0.05) is 13.8 Å². The van der Waals surface area contributed by atoms with Gasteiger partial charge in [0.15, 0.2) is 5.65 Å². The highest BCUT2D eigenvalue weighted by atomic mass is 35.5. The molecule has 2 aromatic rings.